The Labute approximate surface area is 197 Å². The zero-order valence-corrected chi connectivity index (χ0v) is 20.8. The fourth-order valence-corrected chi connectivity index (χ4v) is 5.64. The Morgan fingerprint density at radius 1 is 1.24 bits per heavy atom. The molecule has 0 aliphatic carbocycles. The van der Waals surface area contributed by atoms with E-state index in [2.05, 4.69) is 17.1 Å². The highest BCUT2D eigenvalue weighted by Gasteiger charge is 2.27. The number of nitrogens with one attached hydrogen (secondary N) is 1. The van der Waals surface area contributed by atoms with Crippen molar-refractivity contribution in [3.8, 4) is 5.75 Å². The number of ether oxygens (including phenoxy) is 1. The van der Waals surface area contributed by atoms with Crippen molar-refractivity contribution in [2.24, 2.45) is 5.92 Å². The first-order valence-electron chi connectivity index (χ1n) is 11.4. The molecule has 1 aliphatic rings. The van der Waals surface area contributed by atoms with Gasteiger partial charge in [0.2, 0.25) is 10.0 Å². The molecule has 2 aromatic rings. The van der Waals surface area contributed by atoms with Crippen molar-refractivity contribution in [2.45, 2.75) is 44.2 Å². The van der Waals surface area contributed by atoms with Crippen molar-refractivity contribution in [1.29, 1.82) is 0 Å². The smallest absolute Gasteiger partial charge is 0.251 e. The molecule has 3 rings (SSSR count). The van der Waals surface area contributed by atoms with Gasteiger partial charge in [0.1, 0.15) is 10.6 Å². The molecule has 33 heavy (non-hydrogen) atoms. The first kappa shape index (κ1) is 25.2. The van der Waals surface area contributed by atoms with Crippen molar-refractivity contribution >= 4 is 15.9 Å². The number of benzene rings is 2. The summed E-state index contributed by atoms with van der Waals surface area (Å²) < 4.78 is 33.2. The summed E-state index contributed by atoms with van der Waals surface area (Å²) in [4.78, 5) is 15.3. The van der Waals surface area contributed by atoms with Crippen LogP contribution in [0.3, 0.4) is 0 Å². The fraction of sp³-hybridized carbons (Fsp3) is 0.480. The van der Waals surface area contributed by atoms with Crippen LogP contribution < -0.4 is 10.1 Å². The van der Waals surface area contributed by atoms with Gasteiger partial charge in [-0.15, -0.1) is 0 Å². The minimum Gasteiger partial charge on any atom is -0.495 e. The van der Waals surface area contributed by atoms with Crippen molar-refractivity contribution in [2.75, 3.05) is 33.8 Å². The maximum Gasteiger partial charge on any atom is 0.251 e. The van der Waals surface area contributed by atoms with Gasteiger partial charge in [-0.2, -0.15) is 4.31 Å². The number of carbonyl (C=O) groups excluding carboxylic acids is 1. The minimum atomic E-state index is -3.87. The van der Waals surface area contributed by atoms with E-state index in [4.69, 9.17) is 4.74 Å². The van der Waals surface area contributed by atoms with Gasteiger partial charge in [-0.1, -0.05) is 37.3 Å². The molecular formula is C25H35N3O4S. The summed E-state index contributed by atoms with van der Waals surface area (Å²) in [5.41, 5.74) is 1.17. The zero-order valence-electron chi connectivity index (χ0n) is 20.0. The molecule has 7 nitrogen and oxygen atoms in total. The molecule has 1 N–H and O–H groups in total. The average molecular weight is 474 g/mol. The lowest BCUT2D eigenvalue weighted by molar-refractivity contribution is 0.0919. The highest BCUT2D eigenvalue weighted by molar-refractivity contribution is 7.89. The number of hydrogen-bond acceptors (Lipinski definition) is 5. The quantitative estimate of drug-likeness (QED) is 0.604. The van der Waals surface area contributed by atoms with Crippen LogP contribution in [-0.4, -0.2) is 63.4 Å². The summed E-state index contributed by atoms with van der Waals surface area (Å²) in [6.07, 6.45) is 2.43. The van der Waals surface area contributed by atoms with Crippen molar-refractivity contribution in [3.63, 3.8) is 0 Å². The maximum atomic E-state index is 13.3. The van der Waals surface area contributed by atoms with Crippen LogP contribution in [0, 0.1) is 5.92 Å². The molecule has 0 aromatic heterocycles. The molecule has 2 unspecified atom stereocenters. The summed E-state index contributed by atoms with van der Waals surface area (Å²) in [5, 5.41) is 3.01. The number of hydrogen-bond donors (Lipinski definition) is 1. The summed E-state index contributed by atoms with van der Waals surface area (Å²) >= 11 is 0. The Hall–Kier alpha value is -2.42. The summed E-state index contributed by atoms with van der Waals surface area (Å²) in [5.74, 6) is 0.586. The van der Waals surface area contributed by atoms with E-state index in [0.29, 0.717) is 11.5 Å². The average Bonchev–Trinajstić information content (AvgIpc) is 2.79. The van der Waals surface area contributed by atoms with E-state index in [-0.39, 0.29) is 29.1 Å². The molecule has 0 saturated carbocycles. The van der Waals surface area contributed by atoms with Crippen LogP contribution in [0.4, 0.5) is 0 Å². The second-order valence-corrected chi connectivity index (χ2v) is 11.0. The number of likely N-dealkylation sites (tertiary alicyclic amines) is 1. The van der Waals surface area contributed by atoms with E-state index in [9.17, 15) is 13.2 Å². The molecule has 1 saturated heterocycles. The van der Waals surface area contributed by atoms with E-state index in [1.807, 2.05) is 37.3 Å². The SMILES string of the molecule is COc1ccc(C(=O)NC(C)CN2CCCC(C)C2)cc1S(=O)(=O)N(C)Cc1ccccc1. The van der Waals surface area contributed by atoms with E-state index < -0.39 is 10.0 Å². The molecule has 1 aliphatic heterocycles. The van der Waals surface area contributed by atoms with Gasteiger partial charge in [-0.05, 0) is 56.0 Å². The van der Waals surface area contributed by atoms with Gasteiger partial charge < -0.3 is 15.0 Å². The molecule has 0 spiro atoms. The van der Waals surface area contributed by atoms with Crippen LogP contribution in [0.25, 0.3) is 0 Å². The Kier molecular flexibility index (Phi) is 8.51. The predicted molar refractivity (Wildman–Crippen MR) is 130 cm³/mol. The summed E-state index contributed by atoms with van der Waals surface area (Å²) in [7, 11) is -0.926. The van der Waals surface area contributed by atoms with Crippen LogP contribution in [0.15, 0.2) is 53.4 Å². The van der Waals surface area contributed by atoms with Gasteiger partial charge in [0.15, 0.2) is 0 Å². The first-order chi connectivity index (χ1) is 15.7. The Bertz CT molecular complexity index is 1040. The number of piperidine rings is 1. The van der Waals surface area contributed by atoms with Crippen molar-refractivity contribution < 1.29 is 17.9 Å². The van der Waals surface area contributed by atoms with Crippen LogP contribution in [0.1, 0.15) is 42.6 Å². The molecule has 1 amide bonds. The Morgan fingerprint density at radius 2 is 1.97 bits per heavy atom. The highest BCUT2D eigenvalue weighted by atomic mass is 32.2. The van der Waals surface area contributed by atoms with Crippen LogP contribution in [-0.2, 0) is 16.6 Å². The van der Waals surface area contributed by atoms with Crippen LogP contribution in [0.5, 0.6) is 5.75 Å². The highest BCUT2D eigenvalue weighted by Crippen LogP contribution is 2.28. The zero-order chi connectivity index (χ0) is 24.0. The third-order valence-corrected chi connectivity index (χ3v) is 7.84. The van der Waals surface area contributed by atoms with E-state index in [0.717, 1.165) is 25.2 Å². The van der Waals surface area contributed by atoms with Crippen molar-refractivity contribution in [3.05, 3.63) is 59.7 Å². The Balaban J connectivity index is 1.74. The summed E-state index contributed by atoms with van der Waals surface area (Å²) in [6.45, 7) is 7.31. The number of nitrogens with zero attached hydrogens (tertiary/aromatic N) is 2. The number of sulfonamides is 1. The molecule has 1 fully saturated rings. The summed E-state index contributed by atoms with van der Waals surface area (Å²) in [6, 6.07) is 13.9. The normalized spacial score (nSPS) is 18.2. The van der Waals surface area contributed by atoms with E-state index >= 15 is 0 Å². The minimum absolute atomic E-state index is 0.0198. The molecule has 2 aromatic carbocycles. The largest absolute Gasteiger partial charge is 0.495 e. The maximum absolute atomic E-state index is 13.3. The number of carbonyl (C=O) groups is 1. The van der Waals surface area contributed by atoms with Crippen molar-refractivity contribution in [1.82, 2.24) is 14.5 Å². The molecule has 0 bridgehead atoms. The predicted octanol–water partition coefficient (Wildman–Crippen LogP) is 3.37. The molecule has 8 heteroatoms. The lowest BCUT2D eigenvalue weighted by atomic mass is 10.00. The molecule has 180 valence electrons. The standard InChI is InChI=1S/C25H35N3O4S/c1-19-9-8-14-28(16-19)17-20(2)26-25(29)22-12-13-23(32-4)24(15-22)33(30,31)27(3)18-21-10-6-5-7-11-21/h5-7,10-13,15,19-20H,8-9,14,16-18H2,1-4H3,(H,26,29). The monoisotopic (exact) mass is 473 g/mol. The van der Waals surface area contributed by atoms with Gasteiger partial charge in [0.25, 0.3) is 5.91 Å². The lowest BCUT2D eigenvalue weighted by Crippen LogP contribution is -2.45. The number of methoxy groups -OCH3 is 1. The van der Waals surface area contributed by atoms with Gasteiger partial charge in [-0.3, -0.25) is 4.79 Å². The van der Waals surface area contributed by atoms with Crippen LogP contribution in [0.2, 0.25) is 0 Å². The van der Waals surface area contributed by atoms with E-state index in [1.54, 1.807) is 6.07 Å². The van der Waals surface area contributed by atoms with Gasteiger partial charge >= 0.3 is 0 Å². The van der Waals surface area contributed by atoms with Gasteiger partial charge in [0.05, 0.1) is 7.11 Å². The molecule has 1 heterocycles. The van der Waals surface area contributed by atoms with Gasteiger partial charge in [-0.25, -0.2) is 8.42 Å². The van der Waals surface area contributed by atoms with E-state index in [1.165, 1.54) is 43.4 Å². The first-order valence-corrected chi connectivity index (χ1v) is 12.9. The topological polar surface area (TPSA) is 79.0 Å². The molecular weight excluding hydrogens is 438 g/mol. The van der Waals surface area contributed by atoms with Gasteiger partial charge in [0, 0.05) is 38.3 Å². The third-order valence-electron chi connectivity index (χ3n) is 6.01. The third kappa shape index (κ3) is 6.56. The number of amides is 1. The number of rotatable bonds is 9. The molecule has 0 radical (unpaired) electrons. The fourth-order valence-electron chi connectivity index (χ4n) is 4.31. The molecule has 2 atom stereocenters. The second kappa shape index (κ2) is 11.1. The van der Waals surface area contributed by atoms with Crippen LogP contribution >= 0.6 is 0 Å². The second-order valence-electron chi connectivity index (χ2n) is 8.99. The lowest BCUT2D eigenvalue weighted by Gasteiger charge is -2.32. The Morgan fingerprint density at radius 3 is 2.64 bits per heavy atom.